The lowest BCUT2D eigenvalue weighted by Gasteiger charge is -2.29. The molecule has 0 aromatic heterocycles. The van der Waals surface area contributed by atoms with E-state index in [-0.39, 0.29) is 42.0 Å². The molecule has 3 fully saturated rings. The summed E-state index contributed by atoms with van der Waals surface area (Å²) in [7, 11) is 0. The number of nitrogens with one attached hydrogen (secondary N) is 2. The van der Waals surface area contributed by atoms with E-state index in [0.29, 0.717) is 38.1 Å². The maximum absolute atomic E-state index is 13.4. The third-order valence-corrected chi connectivity index (χ3v) is 7.50. The molecule has 3 heterocycles. The van der Waals surface area contributed by atoms with Crippen LogP contribution in [-0.2, 0) is 25.6 Å². The summed E-state index contributed by atoms with van der Waals surface area (Å²) in [6.07, 6.45) is 3.48. The molecule has 9 heteroatoms. The zero-order valence-electron chi connectivity index (χ0n) is 18.1. The molecule has 2 N–H and O–H groups in total. The van der Waals surface area contributed by atoms with Crippen LogP contribution in [0.5, 0.6) is 0 Å². The molecule has 3 atom stereocenters. The van der Waals surface area contributed by atoms with E-state index in [2.05, 4.69) is 10.6 Å². The maximum atomic E-state index is 13.4. The summed E-state index contributed by atoms with van der Waals surface area (Å²) in [4.78, 5) is 55.1. The molecule has 0 bridgehead atoms. The van der Waals surface area contributed by atoms with Gasteiger partial charge in [0.1, 0.15) is 12.1 Å². The van der Waals surface area contributed by atoms with Gasteiger partial charge in [-0.25, -0.2) is 0 Å². The number of fused-ring (bicyclic) bond motifs is 2. The summed E-state index contributed by atoms with van der Waals surface area (Å²) in [6.45, 7) is 1.09. The van der Waals surface area contributed by atoms with Gasteiger partial charge in [0.2, 0.25) is 23.6 Å². The Bertz CT molecular complexity index is 865. The van der Waals surface area contributed by atoms with Gasteiger partial charge in [-0.3, -0.25) is 19.2 Å². The summed E-state index contributed by atoms with van der Waals surface area (Å²) in [5, 5.41) is 5.68. The fourth-order valence-corrected chi connectivity index (χ4v) is 5.80. The van der Waals surface area contributed by atoms with Crippen LogP contribution in [0.4, 0.5) is 0 Å². The molecule has 3 aliphatic rings. The van der Waals surface area contributed by atoms with Crippen molar-refractivity contribution in [3.63, 3.8) is 0 Å². The molecule has 4 amide bonds. The molecule has 8 nitrogen and oxygen atoms in total. The molecule has 0 spiro atoms. The van der Waals surface area contributed by atoms with Gasteiger partial charge in [-0.1, -0.05) is 30.3 Å². The molecule has 3 aliphatic heterocycles. The van der Waals surface area contributed by atoms with Crippen molar-refractivity contribution in [2.75, 3.05) is 31.1 Å². The normalized spacial score (nSPS) is 27.8. The molecule has 0 saturated carbocycles. The first-order valence-electron chi connectivity index (χ1n) is 11.3. The summed E-state index contributed by atoms with van der Waals surface area (Å²) in [5.74, 6) is 0.0612. The molecule has 1 aromatic rings. The first kappa shape index (κ1) is 22.6. The van der Waals surface area contributed by atoms with Crippen molar-refractivity contribution in [3.05, 3.63) is 35.9 Å². The van der Waals surface area contributed by atoms with Gasteiger partial charge in [-0.15, -0.1) is 11.8 Å². The van der Waals surface area contributed by atoms with E-state index in [1.165, 1.54) is 11.8 Å². The number of amides is 4. The topological polar surface area (TPSA) is 98.8 Å². The molecule has 3 unspecified atom stereocenters. The Morgan fingerprint density at radius 3 is 2.53 bits per heavy atom. The lowest BCUT2D eigenvalue weighted by molar-refractivity contribution is -0.141. The maximum Gasteiger partial charge on any atom is 0.246 e. The second-order valence-corrected chi connectivity index (χ2v) is 9.65. The average Bonchev–Trinajstić information content (AvgIpc) is 3.46. The highest BCUT2D eigenvalue weighted by Crippen LogP contribution is 2.23. The molecule has 0 radical (unpaired) electrons. The first-order valence-corrected chi connectivity index (χ1v) is 12.5. The summed E-state index contributed by atoms with van der Waals surface area (Å²) in [5.41, 5.74) is 0.948. The minimum Gasteiger partial charge on any atom is -0.345 e. The van der Waals surface area contributed by atoms with Crippen LogP contribution >= 0.6 is 11.8 Å². The van der Waals surface area contributed by atoms with Crippen molar-refractivity contribution in [1.29, 1.82) is 0 Å². The minimum absolute atomic E-state index is 0.0524. The van der Waals surface area contributed by atoms with Gasteiger partial charge in [0, 0.05) is 31.3 Å². The van der Waals surface area contributed by atoms with Crippen LogP contribution in [0.1, 0.15) is 31.2 Å². The van der Waals surface area contributed by atoms with Gasteiger partial charge in [0.15, 0.2) is 0 Å². The Morgan fingerprint density at radius 1 is 0.969 bits per heavy atom. The fraction of sp³-hybridized carbons (Fsp3) is 0.565. The van der Waals surface area contributed by atoms with Gasteiger partial charge in [-0.2, -0.15) is 0 Å². The second-order valence-electron chi connectivity index (χ2n) is 8.62. The number of thioether (sulfide) groups is 1. The Labute approximate surface area is 192 Å². The van der Waals surface area contributed by atoms with Crippen LogP contribution in [0.25, 0.3) is 0 Å². The Morgan fingerprint density at radius 2 is 1.72 bits per heavy atom. The number of carbonyl (C=O) groups is 4. The van der Waals surface area contributed by atoms with Gasteiger partial charge in [-0.05, 0) is 31.2 Å². The van der Waals surface area contributed by atoms with Crippen molar-refractivity contribution in [2.45, 2.75) is 50.2 Å². The van der Waals surface area contributed by atoms with Crippen LogP contribution in [0, 0.1) is 0 Å². The van der Waals surface area contributed by atoms with Crippen molar-refractivity contribution in [3.8, 4) is 0 Å². The van der Waals surface area contributed by atoms with E-state index >= 15 is 0 Å². The quantitative estimate of drug-likeness (QED) is 0.675. The van der Waals surface area contributed by atoms with E-state index in [4.69, 9.17) is 0 Å². The molecule has 1 aromatic carbocycles. The van der Waals surface area contributed by atoms with Crippen LogP contribution in [0.3, 0.4) is 0 Å². The highest BCUT2D eigenvalue weighted by Gasteiger charge is 2.38. The number of hydrogen-bond acceptors (Lipinski definition) is 5. The zero-order chi connectivity index (χ0) is 22.5. The Hall–Kier alpha value is -2.55. The second kappa shape index (κ2) is 10.4. The monoisotopic (exact) mass is 458 g/mol. The Kier molecular flexibility index (Phi) is 7.34. The van der Waals surface area contributed by atoms with Crippen molar-refractivity contribution < 1.29 is 19.2 Å². The van der Waals surface area contributed by atoms with E-state index in [9.17, 15) is 19.2 Å². The number of benzene rings is 1. The van der Waals surface area contributed by atoms with Crippen LogP contribution in [0.2, 0.25) is 0 Å². The molecule has 172 valence electrons. The van der Waals surface area contributed by atoms with Crippen molar-refractivity contribution >= 4 is 35.4 Å². The summed E-state index contributed by atoms with van der Waals surface area (Å²) >= 11 is 1.48. The average molecular weight is 459 g/mol. The van der Waals surface area contributed by atoms with E-state index in [0.717, 1.165) is 18.4 Å². The number of nitrogens with zero attached hydrogens (tertiary/aromatic N) is 2. The van der Waals surface area contributed by atoms with E-state index in [1.807, 2.05) is 35.2 Å². The zero-order valence-corrected chi connectivity index (χ0v) is 18.9. The predicted octanol–water partition coefficient (Wildman–Crippen LogP) is 0.559. The molecular formula is C23H30N4O4S. The predicted molar refractivity (Wildman–Crippen MR) is 122 cm³/mol. The van der Waals surface area contributed by atoms with Crippen LogP contribution in [0.15, 0.2) is 30.3 Å². The summed E-state index contributed by atoms with van der Waals surface area (Å²) < 4.78 is 0. The van der Waals surface area contributed by atoms with Gasteiger partial charge in [0.25, 0.3) is 0 Å². The van der Waals surface area contributed by atoms with Gasteiger partial charge >= 0.3 is 0 Å². The van der Waals surface area contributed by atoms with Crippen molar-refractivity contribution in [1.82, 2.24) is 20.4 Å². The molecule has 4 rings (SSSR count). The van der Waals surface area contributed by atoms with E-state index in [1.54, 1.807) is 4.90 Å². The third kappa shape index (κ3) is 5.26. The Balaban J connectivity index is 1.55. The fourth-order valence-electron chi connectivity index (χ4n) is 4.80. The minimum atomic E-state index is -0.728. The SMILES string of the molecule is O=C1CSCC2CCCN2C(=O)CNC(=O)C2CCCN2C(=O)C(Cc2ccccc2)N1. The lowest BCUT2D eigenvalue weighted by atomic mass is 10.0. The van der Waals surface area contributed by atoms with E-state index < -0.39 is 12.1 Å². The first-order chi connectivity index (χ1) is 15.5. The largest absolute Gasteiger partial charge is 0.345 e. The third-order valence-electron chi connectivity index (χ3n) is 6.41. The molecule has 32 heavy (non-hydrogen) atoms. The van der Waals surface area contributed by atoms with Gasteiger partial charge in [0.05, 0.1) is 12.3 Å². The lowest BCUT2D eigenvalue weighted by Crippen LogP contribution is -2.55. The van der Waals surface area contributed by atoms with Crippen molar-refractivity contribution in [2.24, 2.45) is 0 Å². The number of carbonyl (C=O) groups excluding carboxylic acids is 4. The van der Waals surface area contributed by atoms with Crippen LogP contribution < -0.4 is 10.6 Å². The molecular weight excluding hydrogens is 428 g/mol. The highest BCUT2D eigenvalue weighted by atomic mass is 32.2. The standard InChI is InChI=1S/C23H30N4O4S/c28-20-15-32-14-17-8-4-10-26(17)21(29)13-24-22(30)19-9-5-11-27(19)23(31)18(25-20)12-16-6-2-1-3-7-16/h1-3,6-7,17-19H,4-5,8-15H2,(H,24,30)(H,25,28). The van der Waals surface area contributed by atoms with Crippen LogP contribution in [-0.4, -0.2) is 82.7 Å². The number of rotatable bonds is 2. The highest BCUT2D eigenvalue weighted by molar-refractivity contribution is 8.00. The number of hydrogen-bond donors (Lipinski definition) is 2. The molecule has 3 saturated heterocycles. The summed E-state index contributed by atoms with van der Waals surface area (Å²) in [6, 6.07) is 8.31. The van der Waals surface area contributed by atoms with Gasteiger partial charge < -0.3 is 20.4 Å². The molecule has 0 aliphatic carbocycles. The smallest absolute Gasteiger partial charge is 0.246 e.